The van der Waals surface area contributed by atoms with Crippen LogP contribution in [0.15, 0.2) is 24.4 Å². The number of hydrogen-bond donors (Lipinski definition) is 2. The van der Waals surface area contributed by atoms with E-state index in [0.29, 0.717) is 18.1 Å². The Morgan fingerprint density at radius 1 is 1.45 bits per heavy atom. The van der Waals surface area contributed by atoms with E-state index in [1.54, 1.807) is 0 Å². The molecule has 108 valence electrons. The molecule has 1 heterocycles. The van der Waals surface area contributed by atoms with Gasteiger partial charge in [0.25, 0.3) is 0 Å². The van der Waals surface area contributed by atoms with Crippen LogP contribution < -0.4 is 11.1 Å². The molecule has 1 amide bonds. The smallest absolute Gasteiger partial charge is 0.239 e. The van der Waals surface area contributed by atoms with Gasteiger partial charge in [-0.15, -0.1) is 0 Å². The summed E-state index contributed by atoms with van der Waals surface area (Å²) in [5.74, 6) is 0.0129. The fourth-order valence-corrected chi connectivity index (χ4v) is 2.42. The summed E-state index contributed by atoms with van der Waals surface area (Å²) in [5, 5.41) is 4.63. The number of nitrogens with two attached hydrogens (primary N) is 1. The first-order valence-electron chi connectivity index (χ1n) is 6.89. The molecule has 1 aromatic carbocycles. The highest BCUT2D eigenvalue weighted by atomic mass is 35.5. The molecular weight excluding hydrogens is 274 g/mol. The number of halogens is 1. The molecule has 5 heteroatoms. The van der Waals surface area contributed by atoms with E-state index < -0.39 is 0 Å². The molecule has 0 aliphatic carbocycles. The molecule has 2 rings (SSSR count). The fourth-order valence-electron chi connectivity index (χ4n) is 2.25. The molecular formula is C15H20ClN3O. The Labute approximate surface area is 123 Å². The maximum Gasteiger partial charge on any atom is 0.239 e. The van der Waals surface area contributed by atoms with Crippen molar-refractivity contribution >= 4 is 28.4 Å². The standard InChI is InChI=1S/C15H20ClN3O/c1-2-3-6-18-15(20)10-19-9-11(8-17)13-5-4-12(16)7-14(13)19/h4-5,7,9H,2-3,6,8,10,17H2,1H3,(H,18,20). The molecule has 20 heavy (non-hydrogen) atoms. The summed E-state index contributed by atoms with van der Waals surface area (Å²) in [4.78, 5) is 11.9. The molecule has 0 aliphatic heterocycles. The molecule has 1 aromatic heterocycles. The van der Waals surface area contributed by atoms with Gasteiger partial charge < -0.3 is 15.6 Å². The molecule has 0 radical (unpaired) electrons. The van der Waals surface area contributed by atoms with Crippen molar-refractivity contribution in [3.05, 3.63) is 35.0 Å². The third kappa shape index (κ3) is 3.32. The summed E-state index contributed by atoms with van der Waals surface area (Å²) in [5.41, 5.74) is 7.72. The second-order valence-electron chi connectivity index (χ2n) is 4.85. The van der Waals surface area contributed by atoms with Gasteiger partial charge in [-0.25, -0.2) is 0 Å². The molecule has 0 bridgehead atoms. The van der Waals surface area contributed by atoms with Crippen LogP contribution in [0.5, 0.6) is 0 Å². The summed E-state index contributed by atoms with van der Waals surface area (Å²) in [6, 6.07) is 5.66. The van der Waals surface area contributed by atoms with Gasteiger partial charge in [0, 0.05) is 29.7 Å². The number of benzene rings is 1. The zero-order valence-corrected chi connectivity index (χ0v) is 12.4. The van der Waals surface area contributed by atoms with Crippen molar-refractivity contribution in [2.75, 3.05) is 6.54 Å². The van der Waals surface area contributed by atoms with Gasteiger partial charge in [0.1, 0.15) is 6.54 Å². The van der Waals surface area contributed by atoms with Crippen molar-refractivity contribution in [3.8, 4) is 0 Å². The van der Waals surface area contributed by atoms with E-state index in [1.165, 1.54) is 0 Å². The van der Waals surface area contributed by atoms with Gasteiger partial charge >= 0.3 is 0 Å². The van der Waals surface area contributed by atoms with Crippen molar-refractivity contribution in [2.45, 2.75) is 32.9 Å². The van der Waals surface area contributed by atoms with E-state index in [-0.39, 0.29) is 5.91 Å². The largest absolute Gasteiger partial charge is 0.355 e. The van der Waals surface area contributed by atoms with E-state index >= 15 is 0 Å². The lowest BCUT2D eigenvalue weighted by Gasteiger charge is -2.07. The molecule has 0 fully saturated rings. The highest BCUT2D eigenvalue weighted by Crippen LogP contribution is 2.24. The number of nitrogens with zero attached hydrogens (tertiary/aromatic N) is 1. The molecule has 4 nitrogen and oxygen atoms in total. The third-order valence-electron chi connectivity index (χ3n) is 3.31. The average molecular weight is 294 g/mol. The lowest BCUT2D eigenvalue weighted by molar-refractivity contribution is -0.121. The second kappa shape index (κ2) is 6.77. The number of hydrogen-bond acceptors (Lipinski definition) is 2. The molecule has 0 saturated heterocycles. The third-order valence-corrected chi connectivity index (χ3v) is 3.55. The number of nitrogens with one attached hydrogen (secondary N) is 1. The first-order valence-corrected chi connectivity index (χ1v) is 7.27. The number of rotatable bonds is 6. The van der Waals surface area contributed by atoms with Crippen molar-refractivity contribution < 1.29 is 4.79 Å². The van der Waals surface area contributed by atoms with Gasteiger partial charge in [0.05, 0.1) is 5.52 Å². The first kappa shape index (κ1) is 14.9. The van der Waals surface area contributed by atoms with E-state index in [9.17, 15) is 4.79 Å². The number of carbonyl (C=O) groups excluding carboxylic acids is 1. The Morgan fingerprint density at radius 2 is 2.25 bits per heavy atom. The molecule has 0 atom stereocenters. The molecule has 0 spiro atoms. The van der Waals surface area contributed by atoms with Crippen LogP contribution >= 0.6 is 11.6 Å². The van der Waals surface area contributed by atoms with E-state index in [0.717, 1.165) is 35.9 Å². The van der Waals surface area contributed by atoms with Crippen LogP contribution in [0.2, 0.25) is 5.02 Å². The van der Waals surface area contributed by atoms with Crippen molar-refractivity contribution in [2.24, 2.45) is 5.73 Å². The molecule has 3 N–H and O–H groups in total. The summed E-state index contributed by atoms with van der Waals surface area (Å²) >= 11 is 6.04. The maximum absolute atomic E-state index is 11.9. The van der Waals surface area contributed by atoms with Crippen LogP contribution in [0.1, 0.15) is 25.3 Å². The van der Waals surface area contributed by atoms with Crippen molar-refractivity contribution in [3.63, 3.8) is 0 Å². The van der Waals surface area contributed by atoms with Gasteiger partial charge in [-0.3, -0.25) is 4.79 Å². The van der Waals surface area contributed by atoms with Crippen LogP contribution in [0.25, 0.3) is 10.9 Å². The van der Waals surface area contributed by atoms with Crippen LogP contribution in [-0.2, 0) is 17.9 Å². The van der Waals surface area contributed by atoms with Crippen molar-refractivity contribution in [1.29, 1.82) is 0 Å². The SMILES string of the molecule is CCCCNC(=O)Cn1cc(CN)c2ccc(Cl)cc21. The summed E-state index contributed by atoms with van der Waals surface area (Å²) in [7, 11) is 0. The van der Waals surface area contributed by atoms with Gasteiger partial charge in [-0.1, -0.05) is 31.0 Å². The van der Waals surface area contributed by atoms with Crippen LogP contribution in [0.3, 0.4) is 0 Å². The van der Waals surface area contributed by atoms with Gasteiger partial charge in [0.15, 0.2) is 0 Å². The van der Waals surface area contributed by atoms with Gasteiger partial charge in [-0.2, -0.15) is 0 Å². The Bertz CT molecular complexity index is 606. The van der Waals surface area contributed by atoms with Gasteiger partial charge in [0.2, 0.25) is 5.91 Å². The van der Waals surface area contributed by atoms with E-state index in [4.69, 9.17) is 17.3 Å². The lowest BCUT2D eigenvalue weighted by Crippen LogP contribution is -2.28. The summed E-state index contributed by atoms with van der Waals surface area (Å²) in [6.07, 6.45) is 4.00. The molecule has 0 aliphatic rings. The zero-order chi connectivity index (χ0) is 14.5. The molecule has 0 saturated carbocycles. The Hall–Kier alpha value is -1.52. The normalized spacial score (nSPS) is 10.9. The van der Waals surface area contributed by atoms with Gasteiger partial charge in [-0.05, 0) is 24.1 Å². The average Bonchev–Trinajstić information content (AvgIpc) is 2.76. The Morgan fingerprint density at radius 3 is 2.95 bits per heavy atom. The first-order chi connectivity index (χ1) is 9.65. The van der Waals surface area contributed by atoms with Crippen molar-refractivity contribution in [1.82, 2.24) is 9.88 Å². The predicted octanol–water partition coefficient (Wildman–Crippen LogP) is 2.67. The minimum atomic E-state index is 0.0129. The highest BCUT2D eigenvalue weighted by molar-refractivity contribution is 6.31. The fraction of sp³-hybridized carbons (Fsp3) is 0.400. The summed E-state index contributed by atoms with van der Waals surface area (Å²) < 4.78 is 1.91. The monoisotopic (exact) mass is 293 g/mol. The maximum atomic E-state index is 11.9. The van der Waals surface area contributed by atoms with Crippen LogP contribution in [0, 0.1) is 0 Å². The molecule has 2 aromatic rings. The number of amides is 1. The zero-order valence-electron chi connectivity index (χ0n) is 11.7. The lowest BCUT2D eigenvalue weighted by atomic mass is 10.2. The number of aromatic nitrogens is 1. The number of carbonyl (C=O) groups is 1. The van der Waals surface area contributed by atoms with E-state index in [1.807, 2.05) is 29.0 Å². The topological polar surface area (TPSA) is 60.0 Å². The minimum Gasteiger partial charge on any atom is -0.355 e. The quantitative estimate of drug-likeness (QED) is 0.805. The molecule has 0 unspecified atom stereocenters. The highest BCUT2D eigenvalue weighted by Gasteiger charge is 2.10. The second-order valence-corrected chi connectivity index (χ2v) is 5.29. The van der Waals surface area contributed by atoms with Crippen LogP contribution in [-0.4, -0.2) is 17.0 Å². The Balaban J connectivity index is 2.21. The number of fused-ring (bicyclic) bond motifs is 1. The number of unbranched alkanes of at least 4 members (excludes halogenated alkanes) is 1. The predicted molar refractivity (Wildman–Crippen MR) is 82.8 cm³/mol. The summed E-state index contributed by atoms with van der Waals surface area (Å²) in [6.45, 7) is 3.56. The Kier molecular flexibility index (Phi) is 5.04. The van der Waals surface area contributed by atoms with Crippen LogP contribution in [0.4, 0.5) is 0 Å². The van der Waals surface area contributed by atoms with E-state index in [2.05, 4.69) is 12.2 Å². The minimum absolute atomic E-state index is 0.0129.